The van der Waals surface area contributed by atoms with Crippen LogP contribution in [-0.4, -0.2) is 37.2 Å². The van der Waals surface area contributed by atoms with E-state index < -0.39 is 5.82 Å². The van der Waals surface area contributed by atoms with Gasteiger partial charge in [-0.25, -0.2) is 9.18 Å². The molecule has 0 aliphatic carbocycles. The van der Waals surface area contributed by atoms with Gasteiger partial charge in [0, 0.05) is 25.2 Å². The Balaban J connectivity index is 1.92. The molecule has 0 aromatic heterocycles. The summed E-state index contributed by atoms with van der Waals surface area (Å²) in [6, 6.07) is 4.54. The molecule has 98 valence electrons. The zero-order valence-corrected chi connectivity index (χ0v) is 9.99. The van der Waals surface area contributed by atoms with Gasteiger partial charge in [0.1, 0.15) is 6.61 Å². The summed E-state index contributed by atoms with van der Waals surface area (Å²) < 4.78 is 18.9. The number of amides is 2. The molecule has 18 heavy (non-hydrogen) atoms. The fourth-order valence-electron chi connectivity index (χ4n) is 1.86. The van der Waals surface area contributed by atoms with Gasteiger partial charge in [-0.2, -0.15) is 0 Å². The van der Waals surface area contributed by atoms with Gasteiger partial charge in [-0.1, -0.05) is 12.1 Å². The number of nitrogens with zero attached hydrogens (tertiary/aromatic N) is 1. The summed E-state index contributed by atoms with van der Waals surface area (Å²) >= 11 is 0. The van der Waals surface area contributed by atoms with E-state index in [-0.39, 0.29) is 24.9 Å². The number of urea groups is 1. The van der Waals surface area contributed by atoms with E-state index in [0.717, 1.165) is 0 Å². The van der Waals surface area contributed by atoms with Crippen LogP contribution in [0.15, 0.2) is 18.2 Å². The van der Waals surface area contributed by atoms with E-state index >= 15 is 0 Å². The summed E-state index contributed by atoms with van der Waals surface area (Å²) in [6.45, 7) is 2.21. The summed E-state index contributed by atoms with van der Waals surface area (Å²) in [7, 11) is 0. The van der Waals surface area contributed by atoms with Gasteiger partial charge in [-0.05, 0) is 6.07 Å². The largest absolute Gasteiger partial charge is 0.488 e. The van der Waals surface area contributed by atoms with E-state index in [0.29, 0.717) is 25.2 Å². The quantitative estimate of drug-likeness (QED) is 0.811. The molecule has 0 saturated carbocycles. The summed E-state index contributed by atoms with van der Waals surface area (Å²) in [5.41, 5.74) is 6.14. The molecule has 3 N–H and O–H groups in total. The zero-order valence-electron chi connectivity index (χ0n) is 9.99. The van der Waals surface area contributed by atoms with Crippen LogP contribution >= 0.6 is 0 Å². The van der Waals surface area contributed by atoms with Crippen molar-refractivity contribution in [1.29, 1.82) is 0 Å². The van der Waals surface area contributed by atoms with E-state index in [4.69, 9.17) is 10.5 Å². The molecule has 0 atom stereocenters. The highest BCUT2D eigenvalue weighted by atomic mass is 19.1. The lowest BCUT2D eigenvalue weighted by molar-refractivity contribution is 0.200. The third kappa shape index (κ3) is 2.70. The van der Waals surface area contributed by atoms with Crippen molar-refractivity contribution in [3.63, 3.8) is 0 Å². The average Bonchev–Trinajstić information content (AvgIpc) is 2.77. The van der Waals surface area contributed by atoms with Gasteiger partial charge in [-0.15, -0.1) is 0 Å². The highest BCUT2D eigenvalue weighted by Crippen LogP contribution is 2.22. The van der Waals surface area contributed by atoms with Crippen molar-refractivity contribution in [1.82, 2.24) is 10.2 Å². The number of nitrogens with one attached hydrogen (secondary N) is 1. The van der Waals surface area contributed by atoms with Crippen LogP contribution in [0.25, 0.3) is 0 Å². The van der Waals surface area contributed by atoms with Gasteiger partial charge >= 0.3 is 6.03 Å². The normalized spacial score (nSPS) is 14.8. The molecule has 1 aliphatic rings. The van der Waals surface area contributed by atoms with Gasteiger partial charge in [0.2, 0.25) is 0 Å². The van der Waals surface area contributed by atoms with Crippen molar-refractivity contribution in [3.05, 3.63) is 29.6 Å². The van der Waals surface area contributed by atoms with E-state index in [1.54, 1.807) is 17.0 Å². The molecule has 6 heteroatoms. The number of carbonyl (C=O) groups excluding carboxylic acids is 1. The number of para-hydroxylation sites is 1. The number of hydrogen-bond donors (Lipinski definition) is 2. The predicted octanol–water partition coefficient (Wildman–Crippen LogP) is 0.688. The Labute approximate surface area is 105 Å². The second-order valence-electron chi connectivity index (χ2n) is 4.00. The minimum atomic E-state index is -0.427. The van der Waals surface area contributed by atoms with Crippen molar-refractivity contribution < 1.29 is 13.9 Å². The molecule has 1 aliphatic heterocycles. The fraction of sp³-hybridized carbons (Fsp3) is 0.417. The molecule has 0 bridgehead atoms. The number of benzene rings is 1. The number of carbonyl (C=O) groups is 1. The van der Waals surface area contributed by atoms with Crippen molar-refractivity contribution in [3.8, 4) is 5.75 Å². The van der Waals surface area contributed by atoms with Crippen LogP contribution < -0.4 is 15.8 Å². The van der Waals surface area contributed by atoms with Crippen LogP contribution in [0.2, 0.25) is 0 Å². The second kappa shape index (κ2) is 5.68. The lowest BCUT2D eigenvalue weighted by atomic mass is 10.2. The molecule has 0 spiro atoms. The molecule has 1 aromatic rings. The van der Waals surface area contributed by atoms with Crippen LogP contribution in [0.4, 0.5) is 9.18 Å². The van der Waals surface area contributed by atoms with Crippen LogP contribution in [0, 0.1) is 5.82 Å². The molecule has 1 saturated heterocycles. The first-order valence-electron chi connectivity index (χ1n) is 5.85. The first-order valence-corrected chi connectivity index (χ1v) is 5.85. The van der Waals surface area contributed by atoms with Crippen LogP contribution in [0.3, 0.4) is 0 Å². The third-order valence-electron chi connectivity index (χ3n) is 2.82. The van der Waals surface area contributed by atoms with Crippen molar-refractivity contribution in [2.75, 3.05) is 26.2 Å². The lowest BCUT2D eigenvalue weighted by Crippen LogP contribution is -2.32. The van der Waals surface area contributed by atoms with Crippen LogP contribution in [0.1, 0.15) is 5.56 Å². The van der Waals surface area contributed by atoms with Gasteiger partial charge in [0.15, 0.2) is 11.6 Å². The molecule has 2 rings (SSSR count). The Morgan fingerprint density at radius 2 is 2.33 bits per heavy atom. The summed E-state index contributed by atoms with van der Waals surface area (Å²) in [5.74, 6) is -0.247. The lowest BCUT2D eigenvalue weighted by Gasteiger charge is -2.16. The van der Waals surface area contributed by atoms with Gasteiger partial charge in [0.05, 0.1) is 6.54 Å². The Kier molecular flexibility index (Phi) is 3.99. The molecule has 2 amide bonds. The Bertz CT molecular complexity index is 439. The summed E-state index contributed by atoms with van der Waals surface area (Å²) in [5, 5.41) is 2.69. The van der Waals surface area contributed by atoms with Crippen molar-refractivity contribution >= 4 is 6.03 Å². The second-order valence-corrected chi connectivity index (χ2v) is 4.00. The molecule has 0 radical (unpaired) electrons. The molecular formula is C12H16FN3O2. The minimum absolute atomic E-state index is 0.105. The SMILES string of the molecule is NCc1cccc(F)c1OCCN1CCNC1=O. The average molecular weight is 253 g/mol. The molecule has 5 nitrogen and oxygen atoms in total. The number of halogens is 1. The zero-order chi connectivity index (χ0) is 13.0. The van der Waals surface area contributed by atoms with E-state index in [9.17, 15) is 9.18 Å². The molecule has 0 unspecified atom stereocenters. The van der Waals surface area contributed by atoms with E-state index in [1.807, 2.05) is 0 Å². The van der Waals surface area contributed by atoms with E-state index in [2.05, 4.69) is 5.32 Å². The maximum atomic E-state index is 13.5. The highest BCUT2D eigenvalue weighted by molar-refractivity contribution is 5.76. The predicted molar refractivity (Wildman–Crippen MR) is 64.8 cm³/mol. The number of ether oxygens (including phenoxy) is 1. The monoisotopic (exact) mass is 253 g/mol. The number of nitrogens with two attached hydrogens (primary N) is 1. The van der Waals surface area contributed by atoms with E-state index in [1.165, 1.54) is 6.07 Å². The smallest absolute Gasteiger partial charge is 0.317 e. The maximum absolute atomic E-state index is 13.5. The molecular weight excluding hydrogens is 237 g/mol. The molecule has 1 fully saturated rings. The summed E-state index contributed by atoms with van der Waals surface area (Å²) in [4.78, 5) is 12.9. The third-order valence-corrected chi connectivity index (χ3v) is 2.82. The van der Waals surface area contributed by atoms with Crippen LogP contribution in [0.5, 0.6) is 5.75 Å². The molecule has 1 aromatic carbocycles. The topological polar surface area (TPSA) is 67.6 Å². The number of hydrogen-bond acceptors (Lipinski definition) is 3. The number of rotatable bonds is 5. The Morgan fingerprint density at radius 3 is 3.00 bits per heavy atom. The minimum Gasteiger partial charge on any atom is -0.488 e. The Morgan fingerprint density at radius 1 is 1.50 bits per heavy atom. The standard InChI is InChI=1S/C12H16FN3O2/c13-10-3-1-2-9(8-14)11(10)18-7-6-16-5-4-15-12(16)17/h1-3H,4-8,14H2,(H,15,17). The first-order chi connectivity index (χ1) is 8.72. The van der Waals surface area contributed by atoms with Crippen molar-refractivity contribution in [2.24, 2.45) is 5.73 Å². The maximum Gasteiger partial charge on any atom is 0.317 e. The summed E-state index contributed by atoms with van der Waals surface area (Å²) in [6.07, 6.45) is 0. The van der Waals surface area contributed by atoms with Gasteiger partial charge in [-0.3, -0.25) is 0 Å². The van der Waals surface area contributed by atoms with Gasteiger partial charge in [0.25, 0.3) is 0 Å². The highest BCUT2D eigenvalue weighted by Gasteiger charge is 2.19. The van der Waals surface area contributed by atoms with Crippen LogP contribution in [-0.2, 0) is 6.54 Å². The fourth-order valence-corrected chi connectivity index (χ4v) is 1.86. The van der Waals surface area contributed by atoms with Crippen molar-refractivity contribution in [2.45, 2.75) is 6.54 Å². The Hall–Kier alpha value is -1.82. The first kappa shape index (κ1) is 12.6. The van der Waals surface area contributed by atoms with Gasteiger partial charge < -0.3 is 20.7 Å². The molecule has 1 heterocycles.